The van der Waals surface area contributed by atoms with Crippen LogP contribution in [0.25, 0.3) is 0 Å². The highest BCUT2D eigenvalue weighted by Crippen LogP contribution is 2.28. The lowest BCUT2D eigenvalue weighted by Gasteiger charge is -2.33. The summed E-state index contributed by atoms with van der Waals surface area (Å²) in [6.07, 6.45) is 9.38. The van der Waals surface area contributed by atoms with Crippen molar-refractivity contribution < 1.29 is 0 Å². The van der Waals surface area contributed by atoms with Crippen molar-refractivity contribution in [3.63, 3.8) is 0 Å². The molecule has 16 heavy (non-hydrogen) atoms. The first kappa shape index (κ1) is 12.1. The van der Waals surface area contributed by atoms with Gasteiger partial charge >= 0.3 is 0 Å². The van der Waals surface area contributed by atoms with Crippen LogP contribution in [0, 0.1) is 0 Å². The van der Waals surface area contributed by atoms with Gasteiger partial charge in [0.1, 0.15) is 0 Å². The van der Waals surface area contributed by atoms with Gasteiger partial charge in [-0.2, -0.15) is 0 Å². The van der Waals surface area contributed by atoms with Crippen LogP contribution in [0.2, 0.25) is 0 Å². The van der Waals surface area contributed by atoms with Crippen molar-refractivity contribution in [1.29, 1.82) is 0 Å². The zero-order valence-electron chi connectivity index (χ0n) is 10.3. The van der Waals surface area contributed by atoms with Gasteiger partial charge in [0.05, 0.1) is 0 Å². The van der Waals surface area contributed by atoms with Gasteiger partial charge in [0.15, 0.2) is 0 Å². The fourth-order valence-corrected chi connectivity index (χ4v) is 3.43. The highest BCUT2D eigenvalue weighted by molar-refractivity contribution is 7.09. The summed E-state index contributed by atoms with van der Waals surface area (Å²) in [5.74, 6) is 0. The van der Waals surface area contributed by atoms with E-state index in [0.29, 0.717) is 5.54 Å². The van der Waals surface area contributed by atoms with Crippen molar-refractivity contribution in [2.24, 2.45) is 0 Å². The molecule has 1 atom stereocenters. The molecule has 1 aromatic rings. The standard InChI is InChI=1S/C14H23NS/c1-2-14(9-4-3-5-11-15-14)10-8-13-7-6-12-16-13/h6-7,12,15H,2-5,8-11H2,1H3. The molecule has 2 heterocycles. The third-order valence-electron chi connectivity index (χ3n) is 3.94. The Hall–Kier alpha value is -0.340. The molecule has 90 valence electrons. The van der Waals surface area contributed by atoms with E-state index >= 15 is 0 Å². The van der Waals surface area contributed by atoms with Gasteiger partial charge in [0.25, 0.3) is 0 Å². The maximum atomic E-state index is 3.81. The quantitative estimate of drug-likeness (QED) is 0.835. The summed E-state index contributed by atoms with van der Waals surface area (Å²) >= 11 is 1.90. The monoisotopic (exact) mass is 237 g/mol. The van der Waals surface area contributed by atoms with Crippen molar-refractivity contribution in [3.05, 3.63) is 22.4 Å². The molecule has 0 radical (unpaired) electrons. The molecule has 0 bridgehead atoms. The van der Waals surface area contributed by atoms with Crippen molar-refractivity contribution in [1.82, 2.24) is 5.32 Å². The Bertz CT molecular complexity index is 284. The first-order chi connectivity index (χ1) is 7.85. The van der Waals surface area contributed by atoms with E-state index in [1.165, 1.54) is 51.5 Å². The van der Waals surface area contributed by atoms with Gasteiger partial charge in [-0.25, -0.2) is 0 Å². The predicted molar refractivity (Wildman–Crippen MR) is 72.1 cm³/mol. The summed E-state index contributed by atoms with van der Waals surface area (Å²) in [6, 6.07) is 4.43. The second-order valence-corrected chi connectivity index (χ2v) is 5.98. The summed E-state index contributed by atoms with van der Waals surface area (Å²) in [7, 11) is 0. The van der Waals surface area contributed by atoms with Gasteiger partial charge in [-0.15, -0.1) is 11.3 Å². The van der Waals surface area contributed by atoms with E-state index < -0.39 is 0 Å². The lowest BCUT2D eigenvalue weighted by Crippen LogP contribution is -2.44. The molecule has 1 unspecified atom stereocenters. The van der Waals surface area contributed by atoms with Gasteiger partial charge in [-0.1, -0.05) is 25.8 Å². The number of hydrogen-bond acceptors (Lipinski definition) is 2. The van der Waals surface area contributed by atoms with Crippen LogP contribution in [0.3, 0.4) is 0 Å². The minimum Gasteiger partial charge on any atom is -0.311 e. The number of aryl methyl sites for hydroxylation is 1. The van der Waals surface area contributed by atoms with Crippen LogP contribution in [0.1, 0.15) is 50.3 Å². The Morgan fingerprint density at radius 3 is 3.06 bits per heavy atom. The van der Waals surface area contributed by atoms with Crippen molar-refractivity contribution in [2.75, 3.05) is 6.54 Å². The van der Waals surface area contributed by atoms with Crippen LogP contribution in [-0.2, 0) is 6.42 Å². The third kappa shape index (κ3) is 3.08. The molecular weight excluding hydrogens is 214 g/mol. The number of nitrogens with one attached hydrogen (secondary N) is 1. The SMILES string of the molecule is CCC1(CCc2cccs2)CCCCCN1. The molecule has 1 saturated heterocycles. The molecule has 1 aliphatic heterocycles. The molecule has 1 aliphatic rings. The van der Waals surface area contributed by atoms with Crippen LogP contribution in [0.15, 0.2) is 17.5 Å². The largest absolute Gasteiger partial charge is 0.311 e. The average Bonchev–Trinajstić information content (AvgIpc) is 2.72. The molecule has 0 aromatic carbocycles. The zero-order chi connectivity index (χ0) is 11.3. The van der Waals surface area contributed by atoms with Crippen LogP contribution in [0.4, 0.5) is 0 Å². The second-order valence-electron chi connectivity index (χ2n) is 4.95. The molecule has 0 aliphatic carbocycles. The Morgan fingerprint density at radius 1 is 1.38 bits per heavy atom. The molecule has 1 fully saturated rings. The second kappa shape index (κ2) is 5.83. The first-order valence-corrected chi connectivity index (χ1v) is 7.50. The maximum absolute atomic E-state index is 3.81. The average molecular weight is 237 g/mol. The number of hydrogen-bond donors (Lipinski definition) is 1. The summed E-state index contributed by atoms with van der Waals surface area (Å²) in [4.78, 5) is 1.54. The lowest BCUT2D eigenvalue weighted by atomic mass is 9.86. The molecule has 0 spiro atoms. The molecule has 1 nitrogen and oxygen atoms in total. The van der Waals surface area contributed by atoms with Crippen molar-refractivity contribution in [2.45, 2.75) is 57.4 Å². The molecule has 0 saturated carbocycles. The van der Waals surface area contributed by atoms with Gasteiger partial charge < -0.3 is 5.32 Å². The molecule has 0 amide bonds. The van der Waals surface area contributed by atoms with E-state index in [1.54, 1.807) is 4.88 Å². The fraction of sp³-hybridized carbons (Fsp3) is 0.714. The summed E-state index contributed by atoms with van der Waals surface area (Å²) < 4.78 is 0. The summed E-state index contributed by atoms with van der Waals surface area (Å²) in [6.45, 7) is 3.56. The normalized spacial score (nSPS) is 26.6. The van der Waals surface area contributed by atoms with Crippen LogP contribution >= 0.6 is 11.3 Å². The predicted octanol–water partition coefficient (Wildman–Crippen LogP) is 3.99. The van der Waals surface area contributed by atoms with E-state index in [9.17, 15) is 0 Å². The van der Waals surface area contributed by atoms with Crippen molar-refractivity contribution in [3.8, 4) is 0 Å². The van der Waals surface area contributed by atoms with Crippen LogP contribution in [0.5, 0.6) is 0 Å². The fourth-order valence-electron chi connectivity index (χ4n) is 2.72. The van der Waals surface area contributed by atoms with E-state index in [0.717, 1.165) is 0 Å². The van der Waals surface area contributed by atoms with E-state index in [-0.39, 0.29) is 0 Å². The van der Waals surface area contributed by atoms with Crippen molar-refractivity contribution >= 4 is 11.3 Å². The molecule has 1 N–H and O–H groups in total. The topological polar surface area (TPSA) is 12.0 Å². The zero-order valence-corrected chi connectivity index (χ0v) is 11.1. The Kier molecular flexibility index (Phi) is 4.42. The minimum atomic E-state index is 0.431. The van der Waals surface area contributed by atoms with Gasteiger partial charge in [0.2, 0.25) is 0 Å². The summed E-state index contributed by atoms with van der Waals surface area (Å²) in [5, 5.41) is 6.00. The van der Waals surface area contributed by atoms with Gasteiger partial charge in [-0.3, -0.25) is 0 Å². The number of thiophene rings is 1. The lowest BCUT2D eigenvalue weighted by molar-refractivity contribution is 0.284. The first-order valence-electron chi connectivity index (χ1n) is 6.62. The highest BCUT2D eigenvalue weighted by Gasteiger charge is 2.27. The smallest absolute Gasteiger partial charge is 0.0182 e. The van der Waals surface area contributed by atoms with Gasteiger partial charge in [-0.05, 0) is 50.1 Å². The van der Waals surface area contributed by atoms with E-state index in [1.807, 2.05) is 11.3 Å². The summed E-state index contributed by atoms with van der Waals surface area (Å²) in [5.41, 5.74) is 0.431. The Balaban J connectivity index is 1.92. The maximum Gasteiger partial charge on any atom is 0.0182 e. The Labute approximate surface area is 103 Å². The van der Waals surface area contributed by atoms with Crippen LogP contribution < -0.4 is 5.32 Å². The molecule has 2 rings (SSSR count). The Morgan fingerprint density at radius 2 is 2.31 bits per heavy atom. The molecule has 2 heteroatoms. The van der Waals surface area contributed by atoms with E-state index in [4.69, 9.17) is 0 Å². The molecule has 1 aromatic heterocycles. The third-order valence-corrected chi connectivity index (χ3v) is 4.88. The van der Waals surface area contributed by atoms with E-state index in [2.05, 4.69) is 29.8 Å². The van der Waals surface area contributed by atoms with Gasteiger partial charge in [0, 0.05) is 10.4 Å². The van der Waals surface area contributed by atoms with Crippen LogP contribution in [-0.4, -0.2) is 12.1 Å². The highest BCUT2D eigenvalue weighted by atomic mass is 32.1. The number of rotatable bonds is 4. The molecular formula is C14H23NS. The minimum absolute atomic E-state index is 0.431.